The molecule has 5 rings (SSSR count). The van der Waals surface area contributed by atoms with Crippen LogP contribution in [0.25, 0.3) is 16.6 Å². The molecule has 0 radical (unpaired) electrons. The minimum Gasteiger partial charge on any atom is -0.494 e. The summed E-state index contributed by atoms with van der Waals surface area (Å²) in [5, 5.41) is 12.2. The van der Waals surface area contributed by atoms with Crippen molar-refractivity contribution >= 4 is 10.9 Å². The lowest BCUT2D eigenvalue weighted by molar-refractivity contribution is -0.137. The third-order valence-corrected chi connectivity index (χ3v) is 6.37. The van der Waals surface area contributed by atoms with Gasteiger partial charge in [0, 0.05) is 23.1 Å². The number of aromatic amines is 2. The Morgan fingerprint density at radius 1 is 1.09 bits per heavy atom. The zero-order valence-electron chi connectivity index (χ0n) is 18.1. The normalized spacial score (nSPS) is 16.6. The number of aromatic hydroxyl groups is 1. The third kappa shape index (κ3) is 3.41. The van der Waals surface area contributed by atoms with E-state index in [4.69, 9.17) is 0 Å². The summed E-state index contributed by atoms with van der Waals surface area (Å²) in [6, 6.07) is 11.0. The van der Waals surface area contributed by atoms with Gasteiger partial charge in [-0.2, -0.15) is 13.2 Å². The summed E-state index contributed by atoms with van der Waals surface area (Å²) in [6.07, 6.45) is -3.92. The maximum atomic E-state index is 13.3. The molecule has 10 heteroatoms. The molecule has 0 saturated heterocycles. The van der Waals surface area contributed by atoms with E-state index in [0.29, 0.717) is 23.4 Å². The Morgan fingerprint density at radius 2 is 1.85 bits per heavy atom. The van der Waals surface area contributed by atoms with Crippen molar-refractivity contribution in [2.75, 3.05) is 13.1 Å². The van der Waals surface area contributed by atoms with Crippen LogP contribution in [0.2, 0.25) is 0 Å². The third-order valence-electron chi connectivity index (χ3n) is 6.37. The van der Waals surface area contributed by atoms with Gasteiger partial charge >= 0.3 is 11.9 Å². The van der Waals surface area contributed by atoms with E-state index in [1.54, 1.807) is 0 Å². The Hall–Kier alpha value is -3.79. The van der Waals surface area contributed by atoms with Crippen molar-refractivity contribution in [3.05, 3.63) is 91.8 Å². The maximum absolute atomic E-state index is 13.3. The first-order chi connectivity index (χ1) is 16.2. The number of halogens is 3. The summed E-state index contributed by atoms with van der Waals surface area (Å²) in [7, 11) is 0. The molecule has 0 spiro atoms. The smallest absolute Gasteiger partial charge is 0.416 e. The Labute approximate surface area is 191 Å². The van der Waals surface area contributed by atoms with Crippen LogP contribution in [-0.2, 0) is 12.6 Å². The van der Waals surface area contributed by atoms with Gasteiger partial charge in [-0.05, 0) is 42.8 Å². The zero-order chi connectivity index (χ0) is 24.2. The molecule has 0 saturated carbocycles. The molecular formula is C24H21F3N4O3. The fraction of sp³-hybridized carbons (Fsp3) is 0.250. The van der Waals surface area contributed by atoms with Gasteiger partial charge in [-0.1, -0.05) is 31.2 Å². The van der Waals surface area contributed by atoms with E-state index in [-0.39, 0.29) is 11.3 Å². The van der Waals surface area contributed by atoms with E-state index in [2.05, 4.69) is 9.97 Å². The number of alkyl halides is 3. The number of para-hydroxylation sites is 1. The lowest BCUT2D eigenvalue weighted by Gasteiger charge is -2.35. The molecule has 1 atom stereocenters. The molecule has 0 aliphatic carbocycles. The molecule has 0 fully saturated rings. The van der Waals surface area contributed by atoms with Gasteiger partial charge in [0.2, 0.25) is 5.88 Å². The van der Waals surface area contributed by atoms with Crippen LogP contribution < -0.4 is 11.2 Å². The predicted octanol–water partition coefficient (Wildman–Crippen LogP) is 3.70. The van der Waals surface area contributed by atoms with Gasteiger partial charge < -0.3 is 10.1 Å². The van der Waals surface area contributed by atoms with Gasteiger partial charge in [-0.3, -0.25) is 14.7 Å². The number of aromatic nitrogens is 3. The fourth-order valence-corrected chi connectivity index (χ4v) is 4.80. The topological polar surface area (TPSA) is 94.1 Å². The second-order valence-corrected chi connectivity index (χ2v) is 8.22. The minimum atomic E-state index is -4.64. The van der Waals surface area contributed by atoms with Gasteiger partial charge in [-0.15, -0.1) is 0 Å². The molecule has 2 aromatic heterocycles. The minimum absolute atomic E-state index is 0.105. The van der Waals surface area contributed by atoms with Gasteiger partial charge in [0.15, 0.2) is 0 Å². The first-order valence-electron chi connectivity index (χ1n) is 10.8. The molecule has 3 heterocycles. The molecule has 7 nitrogen and oxygen atoms in total. The molecule has 176 valence electrons. The summed E-state index contributed by atoms with van der Waals surface area (Å²) < 4.78 is 40.5. The second kappa shape index (κ2) is 7.91. The van der Waals surface area contributed by atoms with E-state index in [1.807, 2.05) is 36.1 Å². The highest BCUT2D eigenvalue weighted by molar-refractivity contribution is 5.85. The number of benzene rings is 2. The van der Waals surface area contributed by atoms with Gasteiger partial charge in [0.25, 0.3) is 5.56 Å². The van der Waals surface area contributed by atoms with Gasteiger partial charge in [-0.25, -0.2) is 9.36 Å². The number of H-pyrrole nitrogens is 2. The van der Waals surface area contributed by atoms with Crippen LogP contribution in [0.15, 0.2) is 58.1 Å². The van der Waals surface area contributed by atoms with Crippen molar-refractivity contribution in [2.45, 2.75) is 25.6 Å². The predicted molar refractivity (Wildman–Crippen MR) is 120 cm³/mol. The number of rotatable bonds is 3. The van der Waals surface area contributed by atoms with Crippen molar-refractivity contribution in [3.8, 4) is 11.6 Å². The van der Waals surface area contributed by atoms with Crippen molar-refractivity contribution in [1.82, 2.24) is 19.4 Å². The van der Waals surface area contributed by atoms with E-state index >= 15 is 0 Å². The summed E-state index contributed by atoms with van der Waals surface area (Å²) in [4.78, 5) is 33.1. The standard InChI is InChI=1S/C24H21F3N4O3/c1-2-30-11-10-16-15-8-3-4-9-17(15)28-19(16)20(30)18-21(32)29-23(34)31(22(18)33)14-7-5-6-13(12-14)24(25,26)27/h3-9,12,20,28,33H,2,10-11H2,1H3,(H,29,32,34). The summed E-state index contributed by atoms with van der Waals surface area (Å²) in [5.74, 6) is -0.692. The molecule has 4 aromatic rings. The summed E-state index contributed by atoms with van der Waals surface area (Å²) in [6.45, 7) is 3.05. The van der Waals surface area contributed by atoms with E-state index < -0.39 is 34.9 Å². The molecule has 3 N–H and O–H groups in total. The molecule has 0 bridgehead atoms. The Balaban J connectivity index is 1.76. The van der Waals surface area contributed by atoms with E-state index in [0.717, 1.165) is 41.1 Å². The number of nitrogens with one attached hydrogen (secondary N) is 2. The largest absolute Gasteiger partial charge is 0.494 e. The van der Waals surface area contributed by atoms with Crippen LogP contribution in [0.1, 0.15) is 35.3 Å². The Bertz CT molecular complexity index is 1520. The molecular weight excluding hydrogens is 449 g/mol. The van der Waals surface area contributed by atoms with Crippen LogP contribution >= 0.6 is 0 Å². The first kappa shape index (κ1) is 22.0. The van der Waals surface area contributed by atoms with Crippen LogP contribution in [0.5, 0.6) is 5.88 Å². The number of hydrogen-bond acceptors (Lipinski definition) is 4. The average molecular weight is 470 g/mol. The molecule has 2 aromatic carbocycles. The number of fused-ring (bicyclic) bond motifs is 3. The van der Waals surface area contributed by atoms with Gasteiger partial charge in [0.1, 0.15) is 5.56 Å². The summed E-state index contributed by atoms with van der Waals surface area (Å²) in [5.41, 5.74) is -0.517. The number of hydrogen-bond donors (Lipinski definition) is 3. The van der Waals surface area contributed by atoms with Crippen LogP contribution in [0, 0.1) is 0 Å². The monoisotopic (exact) mass is 470 g/mol. The highest BCUT2D eigenvalue weighted by Crippen LogP contribution is 2.40. The quantitative estimate of drug-likeness (QED) is 0.426. The summed E-state index contributed by atoms with van der Waals surface area (Å²) >= 11 is 0. The Kier molecular flexibility index (Phi) is 5.12. The van der Waals surface area contributed by atoms with E-state index in [1.165, 1.54) is 6.07 Å². The highest BCUT2D eigenvalue weighted by Gasteiger charge is 2.36. The highest BCUT2D eigenvalue weighted by atomic mass is 19.4. The molecule has 1 aliphatic rings. The van der Waals surface area contributed by atoms with Crippen molar-refractivity contribution in [2.24, 2.45) is 0 Å². The maximum Gasteiger partial charge on any atom is 0.416 e. The van der Waals surface area contributed by atoms with Crippen LogP contribution in [-0.4, -0.2) is 37.6 Å². The SMILES string of the molecule is CCN1CCc2c([nH]c3ccccc23)C1c1c(O)n(-c2cccc(C(F)(F)F)c2)c(=O)[nH]c1=O. The van der Waals surface area contributed by atoms with Crippen molar-refractivity contribution in [3.63, 3.8) is 0 Å². The molecule has 1 unspecified atom stereocenters. The van der Waals surface area contributed by atoms with Crippen LogP contribution in [0.4, 0.5) is 13.2 Å². The van der Waals surface area contributed by atoms with Crippen molar-refractivity contribution < 1.29 is 18.3 Å². The van der Waals surface area contributed by atoms with Crippen LogP contribution in [0.3, 0.4) is 0 Å². The van der Waals surface area contributed by atoms with Crippen molar-refractivity contribution in [1.29, 1.82) is 0 Å². The molecule has 0 amide bonds. The first-order valence-corrected chi connectivity index (χ1v) is 10.8. The van der Waals surface area contributed by atoms with Gasteiger partial charge in [0.05, 0.1) is 17.3 Å². The number of nitrogens with zero attached hydrogens (tertiary/aromatic N) is 2. The second-order valence-electron chi connectivity index (χ2n) is 8.22. The lowest BCUT2D eigenvalue weighted by Crippen LogP contribution is -2.41. The Morgan fingerprint density at radius 3 is 2.59 bits per heavy atom. The number of likely N-dealkylation sites (N-methyl/N-ethyl adjacent to an activating group) is 1. The lowest BCUT2D eigenvalue weighted by atomic mass is 9.93. The fourth-order valence-electron chi connectivity index (χ4n) is 4.80. The average Bonchev–Trinajstić information content (AvgIpc) is 3.17. The molecule has 1 aliphatic heterocycles. The van der Waals surface area contributed by atoms with E-state index in [9.17, 15) is 27.9 Å². The molecule has 34 heavy (non-hydrogen) atoms. The zero-order valence-corrected chi connectivity index (χ0v) is 18.1.